The Bertz CT molecular complexity index is 715. The van der Waals surface area contributed by atoms with Crippen molar-refractivity contribution >= 4 is 6.21 Å². The Kier molecular flexibility index (Phi) is 5.95. The minimum Gasteiger partial charge on any atom is -0.489 e. The fraction of sp³-hybridized carbons (Fsp3) is 0.421. The van der Waals surface area contributed by atoms with Gasteiger partial charge in [-0.05, 0) is 37.0 Å². The highest BCUT2D eigenvalue weighted by atomic mass is 19.2. The van der Waals surface area contributed by atoms with Gasteiger partial charge in [0, 0.05) is 18.2 Å². The predicted octanol–water partition coefficient (Wildman–Crippen LogP) is 3.68. The maximum Gasteiger partial charge on any atom is 0.159 e. The molecule has 136 valence electrons. The van der Waals surface area contributed by atoms with Gasteiger partial charge in [-0.1, -0.05) is 19.6 Å². The summed E-state index contributed by atoms with van der Waals surface area (Å²) in [6, 6.07) is 4.00. The molecule has 1 aliphatic carbocycles. The van der Waals surface area contributed by atoms with E-state index in [1.807, 2.05) is 0 Å². The third kappa shape index (κ3) is 4.45. The Morgan fingerprint density at radius 3 is 2.64 bits per heavy atom. The van der Waals surface area contributed by atoms with Crippen molar-refractivity contribution in [1.29, 1.82) is 0 Å². The maximum absolute atomic E-state index is 13.6. The first-order chi connectivity index (χ1) is 11.8. The summed E-state index contributed by atoms with van der Waals surface area (Å²) in [6.45, 7) is 8.00. The SMILES string of the molecule is C=C(C)N=C/C(OC[C@@]1(c2ccc(F)c(F)c2)CC1C)=C(\N)COC. The van der Waals surface area contributed by atoms with Crippen molar-refractivity contribution in [2.75, 3.05) is 20.3 Å². The normalized spacial score (nSPS) is 23.5. The highest BCUT2D eigenvalue weighted by Gasteiger charge is 2.53. The number of halogens is 2. The van der Waals surface area contributed by atoms with E-state index in [2.05, 4.69) is 18.5 Å². The molecule has 1 aromatic rings. The van der Waals surface area contributed by atoms with E-state index in [0.29, 0.717) is 29.7 Å². The van der Waals surface area contributed by atoms with E-state index in [0.717, 1.165) is 18.1 Å². The van der Waals surface area contributed by atoms with E-state index in [1.54, 1.807) is 13.0 Å². The molecule has 25 heavy (non-hydrogen) atoms. The summed E-state index contributed by atoms with van der Waals surface area (Å²) in [7, 11) is 1.53. The van der Waals surface area contributed by atoms with Crippen LogP contribution in [0.4, 0.5) is 8.78 Å². The number of methoxy groups -OCH3 is 1. The monoisotopic (exact) mass is 350 g/mol. The molecule has 1 saturated carbocycles. The molecule has 0 amide bonds. The topological polar surface area (TPSA) is 56.8 Å². The van der Waals surface area contributed by atoms with Gasteiger partial charge < -0.3 is 15.2 Å². The number of nitrogens with zero attached hydrogens (tertiary/aromatic N) is 1. The van der Waals surface area contributed by atoms with Gasteiger partial charge in [0.1, 0.15) is 0 Å². The Labute approximate surface area is 147 Å². The minimum absolute atomic E-state index is 0.200. The Balaban J connectivity index is 2.21. The molecule has 2 rings (SSSR count). The molecular weight excluding hydrogens is 326 g/mol. The first-order valence-electron chi connectivity index (χ1n) is 8.05. The van der Waals surface area contributed by atoms with Crippen molar-refractivity contribution in [3.63, 3.8) is 0 Å². The summed E-state index contributed by atoms with van der Waals surface area (Å²) < 4.78 is 37.8. The highest BCUT2D eigenvalue weighted by Crippen LogP contribution is 2.54. The van der Waals surface area contributed by atoms with E-state index >= 15 is 0 Å². The van der Waals surface area contributed by atoms with Crippen LogP contribution in [0.25, 0.3) is 0 Å². The lowest BCUT2D eigenvalue weighted by atomic mass is 9.94. The summed E-state index contributed by atoms with van der Waals surface area (Å²) in [4.78, 5) is 4.12. The first-order valence-corrected chi connectivity index (χ1v) is 8.05. The highest BCUT2D eigenvalue weighted by molar-refractivity contribution is 5.77. The molecule has 2 atom stereocenters. The molecule has 0 radical (unpaired) electrons. The number of hydrogen-bond donors (Lipinski definition) is 1. The molecule has 6 heteroatoms. The van der Waals surface area contributed by atoms with Gasteiger partial charge in [0.05, 0.1) is 25.1 Å². The number of rotatable bonds is 8. The zero-order chi connectivity index (χ0) is 18.6. The van der Waals surface area contributed by atoms with Crippen LogP contribution in [0.15, 0.2) is 46.9 Å². The molecule has 0 saturated heterocycles. The van der Waals surface area contributed by atoms with Crippen LogP contribution in [0.3, 0.4) is 0 Å². The lowest BCUT2D eigenvalue weighted by molar-refractivity contribution is 0.179. The van der Waals surface area contributed by atoms with Crippen LogP contribution in [0.1, 0.15) is 25.8 Å². The van der Waals surface area contributed by atoms with E-state index in [-0.39, 0.29) is 12.0 Å². The Hall–Kier alpha value is -2.21. The number of aliphatic imine (C=N–C) groups is 1. The second-order valence-electron chi connectivity index (χ2n) is 6.49. The van der Waals surface area contributed by atoms with Crippen LogP contribution >= 0.6 is 0 Å². The first kappa shape index (κ1) is 19.1. The van der Waals surface area contributed by atoms with Crippen LogP contribution in [0.5, 0.6) is 0 Å². The summed E-state index contributed by atoms with van der Waals surface area (Å²) in [5, 5.41) is 0. The number of nitrogens with two attached hydrogens (primary N) is 1. The molecule has 1 aromatic carbocycles. The standard InChI is InChI=1S/C19H24F2N2O2/c1-12(2)23-9-18(17(22)10-24-4)25-11-19(8-13(19)3)14-5-6-15(20)16(21)7-14/h5-7,9,13H,1,8,10-11,22H2,2-4H3/b18-17+,23-9?/t13?,19-/m0/s1. The summed E-state index contributed by atoms with van der Waals surface area (Å²) in [5.41, 5.74) is 7.36. The van der Waals surface area contributed by atoms with Gasteiger partial charge in [0.15, 0.2) is 17.4 Å². The fourth-order valence-corrected chi connectivity index (χ4v) is 2.80. The summed E-state index contributed by atoms with van der Waals surface area (Å²) in [5.74, 6) is -1.02. The molecule has 0 bridgehead atoms. The second kappa shape index (κ2) is 7.78. The molecular formula is C19H24F2N2O2. The largest absolute Gasteiger partial charge is 0.489 e. The zero-order valence-corrected chi connectivity index (χ0v) is 14.8. The molecule has 0 aliphatic heterocycles. The molecule has 0 spiro atoms. The van der Waals surface area contributed by atoms with Gasteiger partial charge in [-0.2, -0.15) is 0 Å². The van der Waals surface area contributed by atoms with Gasteiger partial charge in [-0.15, -0.1) is 0 Å². The molecule has 4 nitrogen and oxygen atoms in total. The van der Waals surface area contributed by atoms with Crippen molar-refractivity contribution in [1.82, 2.24) is 0 Å². The van der Waals surface area contributed by atoms with Gasteiger partial charge in [0.2, 0.25) is 0 Å². The smallest absolute Gasteiger partial charge is 0.159 e. The van der Waals surface area contributed by atoms with Crippen LogP contribution in [0.2, 0.25) is 0 Å². The average molecular weight is 350 g/mol. The minimum atomic E-state index is -0.855. The van der Waals surface area contributed by atoms with Crippen molar-refractivity contribution in [3.05, 3.63) is 59.1 Å². The van der Waals surface area contributed by atoms with Crippen LogP contribution in [-0.2, 0) is 14.9 Å². The zero-order valence-electron chi connectivity index (χ0n) is 14.8. The van der Waals surface area contributed by atoms with Crippen molar-refractivity contribution in [2.24, 2.45) is 16.6 Å². The molecule has 1 aliphatic rings. The molecule has 1 fully saturated rings. The van der Waals surface area contributed by atoms with Gasteiger partial charge in [0.25, 0.3) is 0 Å². The fourth-order valence-electron chi connectivity index (χ4n) is 2.80. The van der Waals surface area contributed by atoms with E-state index in [1.165, 1.54) is 19.4 Å². The number of benzene rings is 1. The third-order valence-electron chi connectivity index (χ3n) is 4.45. The summed E-state index contributed by atoms with van der Waals surface area (Å²) >= 11 is 0. The van der Waals surface area contributed by atoms with Gasteiger partial charge in [-0.25, -0.2) is 8.78 Å². The van der Waals surface area contributed by atoms with Crippen LogP contribution in [-0.4, -0.2) is 26.5 Å². The summed E-state index contributed by atoms with van der Waals surface area (Å²) in [6.07, 6.45) is 2.33. The van der Waals surface area contributed by atoms with Crippen LogP contribution in [0, 0.1) is 17.6 Å². The maximum atomic E-state index is 13.6. The predicted molar refractivity (Wildman–Crippen MR) is 94.2 cm³/mol. The number of ether oxygens (including phenoxy) is 2. The number of allylic oxidation sites excluding steroid dienone is 2. The van der Waals surface area contributed by atoms with E-state index < -0.39 is 11.6 Å². The molecule has 0 aromatic heterocycles. The van der Waals surface area contributed by atoms with Gasteiger partial charge in [-0.3, -0.25) is 4.99 Å². The molecule has 0 heterocycles. The van der Waals surface area contributed by atoms with Crippen molar-refractivity contribution in [2.45, 2.75) is 25.7 Å². The van der Waals surface area contributed by atoms with Crippen molar-refractivity contribution < 1.29 is 18.3 Å². The lowest BCUT2D eigenvalue weighted by Gasteiger charge is -2.20. The second-order valence-corrected chi connectivity index (χ2v) is 6.49. The quantitative estimate of drug-likeness (QED) is 0.575. The third-order valence-corrected chi connectivity index (χ3v) is 4.45. The Morgan fingerprint density at radius 2 is 2.12 bits per heavy atom. The van der Waals surface area contributed by atoms with Gasteiger partial charge >= 0.3 is 0 Å². The lowest BCUT2D eigenvalue weighted by Crippen LogP contribution is -2.21. The van der Waals surface area contributed by atoms with E-state index in [4.69, 9.17) is 15.2 Å². The van der Waals surface area contributed by atoms with E-state index in [9.17, 15) is 8.78 Å². The van der Waals surface area contributed by atoms with Crippen molar-refractivity contribution in [3.8, 4) is 0 Å². The molecule has 1 unspecified atom stereocenters. The Morgan fingerprint density at radius 1 is 1.44 bits per heavy atom. The number of hydrogen-bond acceptors (Lipinski definition) is 4. The molecule has 2 N–H and O–H groups in total. The average Bonchev–Trinajstić information content (AvgIpc) is 3.21. The van der Waals surface area contributed by atoms with Crippen LogP contribution < -0.4 is 5.73 Å².